The summed E-state index contributed by atoms with van der Waals surface area (Å²) in [5, 5.41) is 101. The summed E-state index contributed by atoms with van der Waals surface area (Å²) in [5.74, 6) is -0.275. The number of carbonyl (C=O) groups is 1. The Morgan fingerprint density at radius 3 is 1.49 bits per heavy atom. The van der Waals surface area contributed by atoms with E-state index in [1.54, 1.807) is 0 Å². The van der Waals surface area contributed by atoms with Gasteiger partial charge in [-0.15, -0.1) is 0 Å². The summed E-state index contributed by atoms with van der Waals surface area (Å²) in [7, 11) is 0. The topological polar surface area (TPSA) is 261 Å². The van der Waals surface area contributed by atoms with Crippen LogP contribution in [-0.2, 0) is 17.6 Å². The van der Waals surface area contributed by atoms with Gasteiger partial charge in [-0.2, -0.15) is 0 Å². The van der Waals surface area contributed by atoms with Gasteiger partial charge in [-0.05, 0) is 54.5 Å². The number of rotatable bonds is 23. The highest BCUT2D eigenvalue weighted by molar-refractivity contribution is 5.76. The Morgan fingerprint density at radius 2 is 1.06 bits per heavy atom. The van der Waals surface area contributed by atoms with Crippen molar-refractivity contribution in [2.75, 3.05) is 45.9 Å². The van der Waals surface area contributed by atoms with Gasteiger partial charge in [0.1, 0.15) is 36.6 Å². The van der Waals surface area contributed by atoms with Crippen molar-refractivity contribution in [3.8, 4) is 11.1 Å². The molecule has 8 atom stereocenters. The zero-order chi connectivity index (χ0) is 34.9. The number of nitrogens with one attached hydrogen (secondary N) is 1. The quantitative estimate of drug-likeness (QED) is 0.0524. The van der Waals surface area contributed by atoms with Crippen LogP contribution in [0.5, 0.6) is 0 Å². The molecule has 0 aliphatic rings. The summed E-state index contributed by atoms with van der Waals surface area (Å²) >= 11 is 0. The number of aliphatic hydroxyl groups is 10. The smallest absolute Gasteiger partial charge is 0.220 e. The predicted molar refractivity (Wildman–Crippen MR) is 174 cm³/mol. The van der Waals surface area contributed by atoms with Gasteiger partial charge in [0.05, 0.1) is 25.4 Å². The average molecular weight is 668 g/mol. The van der Waals surface area contributed by atoms with Gasteiger partial charge in [-0.1, -0.05) is 48.5 Å². The summed E-state index contributed by atoms with van der Waals surface area (Å²) < 4.78 is 0. The maximum atomic E-state index is 12.6. The fourth-order valence-corrected chi connectivity index (χ4v) is 5.03. The van der Waals surface area contributed by atoms with E-state index in [1.807, 2.05) is 24.3 Å². The van der Waals surface area contributed by atoms with Gasteiger partial charge in [0, 0.05) is 32.6 Å². The van der Waals surface area contributed by atoms with E-state index in [4.69, 9.17) is 15.9 Å². The fourth-order valence-electron chi connectivity index (χ4n) is 5.03. The molecule has 2 rings (SSSR count). The normalized spacial score (nSPS) is 17.0. The molecule has 0 fully saturated rings. The second-order valence-electron chi connectivity index (χ2n) is 11.8. The number of hydrogen-bond donors (Lipinski definition) is 12. The van der Waals surface area contributed by atoms with Crippen LogP contribution in [-0.4, -0.2) is 157 Å². The third-order valence-electron chi connectivity index (χ3n) is 8.09. The fraction of sp³-hybridized carbons (Fsp3) is 0.606. The van der Waals surface area contributed by atoms with E-state index in [-0.39, 0.29) is 25.4 Å². The number of carbonyl (C=O) groups excluding carboxylic acids is 1. The summed E-state index contributed by atoms with van der Waals surface area (Å²) in [5.41, 5.74) is 9.95. The SMILES string of the molecule is NCCCCc1ccc(-c2ccc(CCC(=O)NCCN(C[C@H](O)[C@@H](O)[C@H](O)[C@H](O)CO)C[C@H](O)[C@@H](O)[C@H](O)[C@H](O)CO)cc2)cc1. The van der Waals surface area contributed by atoms with Gasteiger partial charge < -0.3 is 62.1 Å². The van der Waals surface area contributed by atoms with Crippen molar-refractivity contribution in [1.29, 1.82) is 0 Å². The molecule has 0 spiro atoms. The molecule has 0 bridgehead atoms. The van der Waals surface area contributed by atoms with Crippen LogP contribution in [0.4, 0.5) is 0 Å². The molecule has 0 unspecified atom stereocenters. The number of hydrogen-bond acceptors (Lipinski definition) is 13. The maximum Gasteiger partial charge on any atom is 0.220 e. The van der Waals surface area contributed by atoms with Crippen LogP contribution in [0.25, 0.3) is 11.1 Å². The number of nitrogens with zero attached hydrogens (tertiary/aromatic N) is 1. The molecule has 2 aromatic carbocycles. The predicted octanol–water partition coefficient (Wildman–Crippen LogP) is -3.14. The molecule has 0 heterocycles. The van der Waals surface area contributed by atoms with Gasteiger partial charge in [-0.25, -0.2) is 0 Å². The molecular weight excluding hydrogens is 614 g/mol. The molecule has 2 aromatic rings. The maximum absolute atomic E-state index is 12.6. The van der Waals surface area contributed by atoms with E-state index >= 15 is 0 Å². The van der Waals surface area contributed by atoms with Crippen molar-refractivity contribution in [2.45, 2.75) is 80.9 Å². The number of benzene rings is 2. The lowest BCUT2D eigenvalue weighted by atomic mass is 9.99. The van der Waals surface area contributed by atoms with E-state index in [9.17, 15) is 45.6 Å². The van der Waals surface area contributed by atoms with Crippen molar-refractivity contribution >= 4 is 5.91 Å². The van der Waals surface area contributed by atoms with Crippen LogP contribution in [0, 0.1) is 0 Å². The van der Waals surface area contributed by atoms with Gasteiger partial charge in [0.25, 0.3) is 0 Å². The molecule has 1 amide bonds. The number of aliphatic hydroxyl groups excluding tert-OH is 10. The zero-order valence-corrected chi connectivity index (χ0v) is 26.6. The second-order valence-corrected chi connectivity index (χ2v) is 11.8. The van der Waals surface area contributed by atoms with Crippen molar-refractivity contribution in [3.05, 3.63) is 59.7 Å². The highest BCUT2D eigenvalue weighted by Gasteiger charge is 2.34. The van der Waals surface area contributed by atoms with Crippen molar-refractivity contribution in [2.24, 2.45) is 5.73 Å². The van der Waals surface area contributed by atoms with Crippen LogP contribution in [0.15, 0.2) is 48.5 Å². The highest BCUT2D eigenvalue weighted by atomic mass is 16.4. The minimum Gasteiger partial charge on any atom is -0.394 e. The minimum absolute atomic E-state index is 0.0168. The number of aryl methyl sites for hydroxylation is 2. The highest BCUT2D eigenvalue weighted by Crippen LogP contribution is 2.21. The Kier molecular flexibility index (Phi) is 18.5. The summed E-state index contributed by atoms with van der Waals surface area (Å²) in [4.78, 5) is 13.9. The molecule has 0 saturated carbocycles. The Labute approximate surface area is 275 Å². The molecule has 266 valence electrons. The van der Waals surface area contributed by atoms with Crippen LogP contribution in [0.1, 0.15) is 30.4 Å². The molecule has 14 heteroatoms. The van der Waals surface area contributed by atoms with Gasteiger partial charge in [0.2, 0.25) is 5.91 Å². The Hall–Kier alpha value is -2.57. The monoisotopic (exact) mass is 667 g/mol. The molecular formula is C33H53N3O11. The van der Waals surface area contributed by atoms with Crippen LogP contribution in [0.2, 0.25) is 0 Å². The first-order valence-corrected chi connectivity index (χ1v) is 15.9. The van der Waals surface area contributed by atoms with E-state index in [0.717, 1.165) is 36.0 Å². The summed E-state index contributed by atoms with van der Waals surface area (Å²) in [6.45, 7) is -1.88. The van der Waals surface area contributed by atoms with E-state index < -0.39 is 75.1 Å². The molecule has 0 aliphatic heterocycles. The summed E-state index contributed by atoms with van der Waals surface area (Å²) in [6, 6.07) is 16.3. The molecule has 47 heavy (non-hydrogen) atoms. The van der Waals surface area contributed by atoms with Gasteiger partial charge in [-0.3, -0.25) is 9.69 Å². The Morgan fingerprint density at radius 1 is 0.638 bits per heavy atom. The summed E-state index contributed by atoms with van der Waals surface area (Å²) in [6.07, 6.45) is -10.7. The van der Waals surface area contributed by atoms with Crippen molar-refractivity contribution in [3.63, 3.8) is 0 Å². The van der Waals surface area contributed by atoms with Crippen LogP contribution in [0.3, 0.4) is 0 Å². The minimum atomic E-state index is -1.89. The first-order valence-electron chi connectivity index (χ1n) is 15.9. The van der Waals surface area contributed by atoms with Gasteiger partial charge >= 0.3 is 0 Å². The van der Waals surface area contributed by atoms with E-state index in [1.165, 1.54) is 10.5 Å². The van der Waals surface area contributed by atoms with Gasteiger partial charge in [0.15, 0.2) is 0 Å². The molecule has 13 N–H and O–H groups in total. The first kappa shape index (κ1) is 40.6. The van der Waals surface area contributed by atoms with Crippen LogP contribution < -0.4 is 11.1 Å². The lowest BCUT2D eigenvalue weighted by molar-refractivity contribution is -0.130. The lowest BCUT2D eigenvalue weighted by Crippen LogP contribution is -2.54. The lowest BCUT2D eigenvalue weighted by Gasteiger charge is -2.33. The molecule has 0 aliphatic carbocycles. The number of unbranched alkanes of at least 4 members (excludes halogenated alkanes) is 1. The zero-order valence-electron chi connectivity index (χ0n) is 26.6. The third kappa shape index (κ3) is 13.8. The average Bonchev–Trinajstić information content (AvgIpc) is 3.09. The Bertz CT molecular complexity index is 1110. The second kappa shape index (κ2) is 21.4. The third-order valence-corrected chi connectivity index (χ3v) is 8.09. The first-order chi connectivity index (χ1) is 22.4. The number of nitrogens with two attached hydrogens (primary N) is 1. The molecule has 14 nitrogen and oxygen atoms in total. The number of amides is 1. The molecule has 0 radical (unpaired) electrons. The standard InChI is InChI=1S/C33H53N3O11/c34-14-2-1-3-21-4-9-23(10-5-21)24-11-6-22(7-12-24)8-13-29(43)35-15-16-36(17-25(39)30(44)32(46)27(41)19-37)18-26(40)31(45)33(47)28(42)20-38/h4-7,9-12,25-28,30-33,37-42,44-47H,1-3,8,13-20,34H2,(H,35,43)/t25-,26-,27+,28+,30+,31+,32+,33+/m0/s1. The molecule has 0 saturated heterocycles. The van der Waals surface area contributed by atoms with Crippen LogP contribution >= 0.6 is 0 Å². The van der Waals surface area contributed by atoms with E-state index in [0.29, 0.717) is 13.0 Å². The Balaban J connectivity index is 1.92. The largest absolute Gasteiger partial charge is 0.394 e. The van der Waals surface area contributed by atoms with E-state index in [2.05, 4.69) is 29.6 Å². The van der Waals surface area contributed by atoms with Crippen molar-refractivity contribution < 1.29 is 55.9 Å². The van der Waals surface area contributed by atoms with Crippen molar-refractivity contribution in [1.82, 2.24) is 10.2 Å². The molecule has 0 aromatic heterocycles.